The molecule has 130 valence electrons. The summed E-state index contributed by atoms with van der Waals surface area (Å²) in [7, 11) is -1.91. The maximum Gasteiger partial charge on any atom is 0.268 e. The number of carbonyl (C=O) groups is 1. The van der Waals surface area contributed by atoms with E-state index in [1.165, 1.54) is 21.1 Å². The van der Waals surface area contributed by atoms with Crippen LogP contribution in [0.15, 0.2) is 47.5 Å². The Bertz CT molecular complexity index is 794. The van der Waals surface area contributed by atoms with Gasteiger partial charge in [-0.2, -0.15) is 4.31 Å². The molecule has 0 aliphatic rings. The summed E-state index contributed by atoms with van der Waals surface area (Å²) in [6.45, 7) is 4.75. The van der Waals surface area contributed by atoms with E-state index in [0.29, 0.717) is 25.3 Å². The van der Waals surface area contributed by atoms with E-state index >= 15 is 0 Å². The standard InChI is InChI=1S/C17H23N3O3S/c1-4-20(5-2)24(22,23)15-11-16(19(3)13-15)17(21)18-12-14-9-7-6-8-10-14/h6-11,13H,4-5,12H2,1-3H3,(H,18,21). The predicted molar refractivity (Wildman–Crippen MR) is 93.1 cm³/mol. The molecule has 0 aliphatic heterocycles. The zero-order chi connectivity index (χ0) is 17.7. The average Bonchev–Trinajstić information content (AvgIpc) is 2.97. The summed E-state index contributed by atoms with van der Waals surface area (Å²) in [5.74, 6) is -0.303. The molecule has 0 spiro atoms. The van der Waals surface area contributed by atoms with E-state index in [1.807, 2.05) is 30.3 Å². The molecule has 0 aliphatic carbocycles. The maximum atomic E-state index is 12.5. The van der Waals surface area contributed by atoms with E-state index in [0.717, 1.165) is 5.56 Å². The number of carbonyl (C=O) groups excluding carboxylic acids is 1. The summed E-state index contributed by atoms with van der Waals surface area (Å²) in [5.41, 5.74) is 1.30. The highest BCUT2D eigenvalue weighted by Gasteiger charge is 2.25. The van der Waals surface area contributed by atoms with Crippen LogP contribution in [0, 0.1) is 0 Å². The molecule has 2 aromatic rings. The second kappa shape index (κ2) is 7.63. The van der Waals surface area contributed by atoms with Crippen LogP contribution in [-0.2, 0) is 23.6 Å². The van der Waals surface area contributed by atoms with Crippen molar-refractivity contribution in [2.45, 2.75) is 25.3 Å². The molecule has 0 saturated heterocycles. The Kier molecular flexibility index (Phi) is 5.80. The quantitative estimate of drug-likeness (QED) is 0.831. The SMILES string of the molecule is CCN(CC)S(=O)(=O)c1cc(C(=O)NCc2ccccc2)n(C)c1. The van der Waals surface area contributed by atoms with Gasteiger partial charge in [-0.1, -0.05) is 44.2 Å². The number of hydrogen-bond donors (Lipinski definition) is 1. The summed E-state index contributed by atoms with van der Waals surface area (Å²) in [6, 6.07) is 11.0. The van der Waals surface area contributed by atoms with E-state index in [-0.39, 0.29) is 10.8 Å². The number of aromatic nitrogens is 1. The van der Waals surface area contributed by atoms with E-state index in [1.54, 1.807) is 20.9 Å². The average molecular weight is 349 g/mol. The van der Waals surface area contributed by atoms with Crippen LogP contribution in [0.5, 0.6) is 0 Å². The lowest BCUT2D eigenvalue weighted by Gasteiger charge is -2.17. The van der Waals surface area contributed by atoms with Gasteiger partial charge in [-0.05, 0) is 11.6 Å². The Morgan fingerprint density at radius 1 is 1.17 bits per heavy atom. The topological polar surface area (TPSA) is 71.4 Å². The molecule has 2 rings (SSSR count). The number of hydrogen-bond acceptors (Lipinski definition) is 3. The Hall–Kier alpha value is -2.12. The molecule has 0 fully saturated rings. The number of rotatable bonds is 7. The van der Waals surface area contributed by atoms with Crippen LogP contribution in [0.1, 0.15) is 29.9 Å². The normalized spacial score (nSPS) is 11.7. The van der Waals surface area contributed by atoms with Gasteiger partial charge in [0.25, 0.3) is 5.91 Å². The third-order valence-corrected chi connectivity index (χ3v) is 5.87. The first kappa shape index (κ1) is 18.2. The molecule has 1 aromatic carbocycles. The van der Waals surface area contributed by atoms with Crippen LogP contribution in [0.4, 0.5) is 0 Å². The highest BCUT2D eigenvalue weighted by molar-refractivity contribution is 7.89. The van der Waals surface area contributed by atoms with Gasteiger partial charge in [0.15, 0.2) is 0 Å². The number of sulfonamides is 1. The minimum absolute atomic E-state index is 0.138. The van der Waals surface area contributed by atoms with Gasteiger partial charge in [-0.25, -0.2) is 8.42 Å². The molecule has 1 amide bonds. The Morgan fingerprint density at radius 3 is 2.38 bits per heavy atom. The van der Waals surface area contributed by atoms with Gasteiger partial charge in [-0.3, -0.25) is 4.79 Å². The molecule has 1 N–H and O–H groups in total. The number of benzene rings is 1. The highest BCUT2D eigenvalue weighted by Crippen LogP contribution is 2.18. The first-order valence-electron chi connectivity index (χ1n) is 7.88. The third-order valence-electron chi connectivity index (χ3n) is 3.85. The Labute approximate surface area is 143 Å². The largest absolute Gasteiger partial charge is 0.347 e. The fraction of sp³-hybridized carbons (Fsp3) is 0.353. The summed E-state index contributed by atoms with van der Waals surface area (Å²) in [4.78, 5) is 12.5. The van der Waals surface area contributed by atoms with Gasteiger partial charge >= 0.3 is 0 Å². The molecule has 7 heteroatoms. The fourth-order valence-electron chi connectivity index (χ4n) is 2.48. The van der Waals surface area contributed by atoms with Crippen molar-refractivity contribution < 1.29 is 13.2 Å². The van der Waals surface area contributed by atoms with Crippen LogP contribution < -0.4 is 5.32 Å². The zero-order valence-corrected chi connectivity index (χ0v) is 15.0. The highest BCUT2D eigenvalue weighted by atomic mass is 32.2. The Balaban J connectivity index is 2.17. The molecule has 0 saturated carbocycles. The first-order valence-corrected chi connectivity index (χ1v) is 9.32. The molecular weight excluding hydrogens is 326 g/mol. The predicted octanol–water partition coefficient (Wildman–Crippen LogP) is 1.99. The van der Waals surface area contributed by atoms with Crippen LogP contribution in [0.2, 0.25) is 0 Å². The summed E-state index contributed by atoms with van der Waals surface area (Å²) in [6.07, 6.45) is 1.48. The van der Waals surface area contributed by atoms with Crippen molar-refractivity contribution in [1.29, 1.82) is 0 Å². The van der Waals surface area contributed by atoms with Crippen molar-refractivity contribution in [3.8, 4) is 0 Å². The molecule has 1 aromatic heterocycles. The molecule has 24 heavy (non-hydrogen) atoms. The van der Waals surface area contributed by atoms with Crippen molar-refractivity contribution in [2.75, 3.05) is 13.1 Å². The monoisotopic (exact) mass is 349 g/mol. The van der Waals surface area contributed by atoms with Crippen molar-refractivity contribution in [1.82, 2.24) is 14.2 Å². The summed E-state index contributed by atoms with van der Waals surface area (Å²) in [5, 5.41) is 2.81. The molecule has 0 radical (unpaired) electrons. The van der Waals surface area contributed by atoms with Gasteiger partial charge in [0.1, 0.15) is 10.6 Å². The molecular formula is C17H23N3O3S. The van der Waals surface area contributed by atoms with Crippen LogP contribution >= 0.6 is 0 Å². The summed E-state index contributed by atoms with van der Waals surface area (Å²) >= 11 is 0. The van der Waals surface area contributed by atoms with Crippen molar-refractivity contribution in [2.24, 2.45) is 7.05 Å². The maximum absolute atomic E-state index is 12.5. The first-order chi connectivity index (χ1) is 11.4. The van der Waals surface area contributed by atoms with Gasteiger partial charge in [0.05, 0.1) is 0 Å². The Morgan fingerprint density at radius 2 is 1.79 bits per heavy atom. The summed E-state index contributed by atoms with van der Waals surface area (Å²) < 4.78 is 28.0. The van der Waals surface area contributed by atoms with E-state index in [2.05, 4.69) is 5.32 Å². The lowest BCUT2D eigenvalue weighted by Crippen LogP contribution is -2.30. The van der Waals surface area contributed by atoms with E-state index in [9.17, 15) is 13.2 Å². The minimum Gasteiger partial charge on any atom is -0.347 e. The van der Waals surface area contributed by atoms with Crippen molar-refractivity contribution in [3.63, 3.8) is 0 Å². The van der Waals surface area contributed by atoms with Crippen LogP contribution in [0.3, 0.4) is 0 Å². The lowest BCUT2D eigenvalue weighted by atomic mass is 10.2. The molecule has 6 nitrogen and oxygen atoms in total. The molecule has 1 heterocycles. The zero-order valence-electron chi connectivity index (χ0n) is 14.2. The van der Waals surface area contributed by atoms with E-state index < -0.39 is 10.0 Å². The number of nitrogens with zero attached hydrogens (tertiary/aromatic N) is 2. The smallest absolute Gasteiger partial charge is 0.268 e. The number of amides is 1. The second-order valence-electron chi connectivity index (χ2n) is 5.43. The third kappa shape index (κ3) is 3.85. The lowest BCUT2D eigenvalue weighted by molar-refractivity contribution is 0.0942. The number of nitrogens with one attached hydrogen (secondary N) is 1. The molecule has 0 unspecified atom stereocenters. The van der Waals surface area contributed by atoms with Crippen molar-refractivity contribution in [3.05, 3.63) is 53.9 Å². The van der Waals surface area contributed by atoms with Gasteiger partial charge in [0.2, 0.25) is 10.0 Å². The van der Waals surface area contributed by atoms with Crippen molar-refractivity contribution >= 4 is 15.9 Å². The molecule has 0 bridgehead atoms. The van der Waals surface area contributed by atoms with Crippen LogP contribution in [0.25, 0.3) is 0 Å². The van der Waals surface area contributed by atoms with Gasteiger partial charge in [0, 0.05) is 32.9 Å². The second-order valence-corrected chi connectivity index (χ2v) is 7.37. The number of aryl methyl sites for hydroxylation is 1. The molecule has 0 atom stereocenters. The van der Waals surface area contributed by atoms with Gasteiger partial charge < -0.3 is 9.88 Å². The fourth-order valence-corrected chi connectivity index (χ4v) is 4.01. The van der Waals surface area contributed by atoms with E-state index in [4.69, 9.17) is 0 Å². The van der Waals surface area contributed by atoms with Crippen LogP contribution in [-0.4, -0.2) is 36.3 Å². The van der Waals surface area contributed by atoms with Gasteiger partial charge in [-0.15, -0.1) is 0 Å². The minimum atomic E-state index is -3.57.